The number of hydrogen-bond donors (Lipinski definition) is 0. The molecule has 268 valence electrons. The Morgan fingerprint density at radius 1 is 0.544 bits per heavy atom. The Morgan fingerprint density at radius 2 is 1.19 bits per heavy atom. The van der Waals surface area contributed by atoms with E-state index in [1.807, 2.05) is 18.2 Å². The highest BCUT2D eigenvalue weighted by molar-refractivity contribution is 6.23. The molecule has 2 aromatic heterocycles. The van der Waals surface area contributed by atoms with Gasteiger partial charge < -0.3 is 4.57 Å². The molecule has 0 spiro atoms. The van der Waals surface area contributed by atoms with Crippen LogP contribution in [-0.4, -0.2) is 14.5 Å². The highest BCUT2D eigenvalue weighted by atomic mass is 15.0. The molecule has 3 heteroatoms. The van der Waals surface area contributed by atoms with E-state index in [0.29, 0.717) is 0 Å². The lowest BCUT2D eigenvalue weighted by atomic mass is 9.75. The maximum absolute atomic E-state index is 5.29. The maximum atomic E-state index is 5.29. The van der Waals surface area contributed by atoms with Gasteiger partial charge in [0.25, 0.3) is 0 Å². The van der Waals surface area contributed by atoms with Crippen LogP contribution in [0.15, 0.2) is 182 Å². The smallest absolute Gasteiger partial charge is 0.160 e. The number of hydrogen-bond acceptors (Lipinski definition) is 2. The summed E-state index contributed by atoms with van der Waals surface area (Å²) in [6.07, 6.45) is 0. The van der Waals surface area contributed by atoms with Crippen molar-refractivity contribution >= 4 is 32.7 Å². The molecule has 2 aliphatic carbocycles. The van der Waals surface area contributed by atoms with Gasteiger partial charge in [-0.2, -0.15) is 0 Å². The zero-order valence-electron chi connectivity index (χ0n) is 31.7. The molecule has 2 aliphatic rings. The third kappa shape index (κ3) is 4.48. The first-order valence-electron chi connectivity index (χ1n) is 19.9. The molecule has 2 heterocycles. The van der Waals surface area contributed by atoms with E-state index in [0.717, 1.165) is 39.2 Å². The topological polar surface area (TPSA) is 30.7 Å². The Morgan fingerprint density at radius 3 is 1.98 bits per heavy atom. The number of nitrogens with zero attached hydrogens (tertiary/aromatic N) is 3. The van der Waals surface area contributed by atoms with Gasteiger partial charge in [-0.25, -0.2) is 9.97 Å². The van der Waals surface area contributed by atoms with Crippen molar-refractivity contribution in [2.24, 2.45) is 0 Å². The van der Waals surface area contributed by atoms with E-state index in [9.17, 15) is 0 Å². The number of aromatic nitrogens is 3. The Bertz CT molecular complexity index is 3250. The van der Waals surface area contributed by atoms with Crippen LogP contribution in [0.3, 0.4) is 0 Å². The van der Waals surface area contributed by atoms with Gasteiger partial charge in [-0.1, -0.05) is 172 Å². The van der Waals surface area contributed by atoms with Gasteiger partial charge in [0.05, 0.1) is 22.2 Å². The van der Waals surface area contributed by atoms with E-state index < -0.39 is 0 Å². The van der Waals surface area contributed by atoms with E-state index >= 15 is 0 Å². The Balaban J connectivity index is 1.25. The van der Waals surface area contributed by atoms with Crippen molar-refractivity contribution in [2.75, 3.05) is 0 Å². The number of fused-ring (bicyclic) bond motifs is 13. The summed E-state index contributed by atoms with van der Waals surface area (Å²) in [5.74, 6) is 0.825. The number of para-hydroxylation sites is 1. The average molecular weight is 728 g/mol. The first-order chi connectivity index (χ1) is 28.1. The summed E-state index contributed by atoms with van der Waals surface area (Å²) in [5, 5.41) is 3.61. The molecule has 10 aromatic rings. The first kappa shape index (κ1) is 32.2. The molecule has 0 amide bonds. The highest BCUT2D eigenvalue weighted by Crippen LogP contribution is 2.63. The second-order valence-corrected chi connectivity index (χ2v) is 16.0. The molecular formula is C54H37N3. The van der Waals surface area contributed by atoms with Crippen LogP contribution in [0.4, 0.5) is 0 Å². The molecule has 0 aliphatic heterocycles. The molecule has 0 saturated heterocycles. The quantitative estimate of drug-likeness (QED) is 0.181. The molecule has 3 nitrogen and oxygen atoms in total. The van der Waals surface area contributed by atoms with Crippen LogP contribution < -0.4 is 0 Å². The van der Waals surface area contributed by atoms with Crippen LogP contribution in [-0.2, 0) is 5.41 Å². The van der Waals surface area contributed by atoms with Crippen molar-refractivity contribution in [2.45, 2.75) is 25.2 Å². The van der Waals surface area contributed by atoms with E-state index in [2.05, 4.69) is 182 Å². The second-order valence-electron chi connectivity index (χ2n) is 16.0. The van der Waals surface area contributed by atoms with Crippen LogP contribution in [0.1, 0.15) is 47.6 Å². The van der Waals surface area contributed by atoms with Gasteiger partial charge in [0, 0.05) is 49.9 Å². The third-order valence-corrected chi connectivity index (χ3v) is 12.6. The standard InChI is InChI=1S/C54H37N3/c1-54(2)42-28-16-14-26-39(42)46-48-40-27-15-17-29-44(40)57(52(48)47-38-25-13-12-24-37(38)45(49(47)50(46)54)33-18-6-3-7-19-33)36-30-31-43-41(32-36)51(34-20-8-4-9-21-34)56-53(55-43)35-22-10-5-11-23-35/h3-32,45H,1-2H3. The summed E-state index contributed by atoms with van der Waals surface area (Å²) in [4.78, 5) is 10.5. The number of rotatable bonds is 4. The fourth-order valence-electron chi connectivity index (χ4n) is 10.3. The van der Waals surface area contributed by atoms with E-state index in [1.165, 1.54) is 71.9 Å². The van der Waals surface area contributed by atoms with Gasteiger partial charge >= 0.3 is 0 Å². The molecule has 0 fully saturated rings. The summed E-state index contributed by atoms with van der Waals surface area (Å²) in [6, 6.07) is 66.0. The summed E-state index contributed by atoms with van der Waals surface area (Å²) in [7, 11) is 0. The predicted octanol–water partition coefficient (Wildman–Crippen LogP) is 13.5. The largest absolute Gasteiger partial charge is 0.309 e. The van der Waals surface area contributed by atoms with Crippen LogP contribution in [0.25, 0.3) is 83.3 Å². The lowest BCUT2D eigenvalue weighted by molar-refractivity contribution is 0.651. The molecule has 0 saturated carbocycles. The van der Waals surface area contributed by atoms with Crippen molar-refractivity contribution in [3.8, 4) is 50.6 Å². The fraction of sp³-hybridized carbons (Fsp3) is 0.0741. The summed E-state index contributed by atoms with van der Waals surface area (Å²) in [5.41, 5.74) is 19.6. The van der Waals surface area contributed by atoms with Gasteiger partial charge in [-0.15, -0.1) is 0 Å². The second kappa shape index (κ2) is 11.9. The van der Waals surface area contributed by atoms with Crippen molar-refractivity contribution in [1.29, 1.82) is 0 Å². The molecule has 1 unspecified atom stereocenters. The third-order valence-electron chi connectivity index (χ3n) is 12.6. The van der Waals surface area contributed by atoms with Crippen LogP contribution in [0, 0.1) is 0 Å². The molecule has 57 heavy (non-hydrogen) atoms. The minimum atomic E-state index is -0.205. The predicted molar refractivity (Wildman–Crippen MR) is 235 cm³/mol. The summed E-state index contributed by atoms with van der Waals surface area (Å²) < 4.78 is 2.54. The van der Waals surface area contributed by atoms with Gasteiger partial charge in [-0.3, -0.25) is 0 Å². The van der Waals surface area contributed by atoms with Crippen molar-refractivity contribution in [3.05, 3.63) is 210 Å². The number of benzene rings is 8. The average Bonchev–Trinajstić information content (AvgIpc) is 3.87. The Kier molecular flexibility index (Phi) is 6.74. The first-order valence-corrected chi connectivity index (χ1v) is 19.9. The van der Waals surface area contributed by atoms with Gasteiger partial charge in [0.1, 0.15) is 0 Å². The van der Waals surface area contributed by atoms with Gasteiger partial charge in [-0.05, 0) is 68.8 Å². The molecule has 0 bridgehead atoms. The zero-order chi connectivity index (χ0) is 37.8. The van der Waals surface area contributed by atoms with E-state index in [1.54, 1.807) is 0 Å². The Hall–Kier alpha value is -7.10. The minimum absolute atomic E-state index is 0.0988. The fourth-order valence-corrected chi connectivity index (χ4v) is 10.3. The van der Waals surface area contributed by atoms with Crippen LogP contribution in [0.5, 0.6) is 0 Å². The zero-order valence-corrected chi connectivity index (χ0v) is 31.7. The monoisotopic (exact) mass is 727 g/mol. The highest BCUT2D eigenvalue weighted by Gasteiger charge is 2.46. The lowest BCUT2D eigenvalue weighted by Gasteiger charge is -2.28. The molecular weight excluding hydrogens is 691 g/mol. The Labute approximate surface area is 331 Å². The van der Waals surface area contributed by atoms with Crippen molar-refractivity contribution < 1.29 is 0 Å². The van der Waals surface area contributed by atoms with Gasteiger partial charge in [0.15, 0.2) is 5.82 Å². The van der Waals surface area contributed by atoms with Crippen molar-refractivity contribution in [3.63, 3.8) is 0 Å². The molecule has 0 radical (unpaired) electrons. The minimum Gasteiger partial charge on any atom is -0.309 e. The van der Waals surface area contributed by atoms with Crippen LogP contribution >= 0.6 is 0 Å². The normalized spacial score (nSPS) is 14.8. The van der Waals surface area contributed by atoms with Gasteiger partial charge in [0.2, 0.25) is 0 Å². The molecule has 0 N–H and O–H groups in total. The van der Waals surface area contributed by atoms with Crippen LogP contribution in [0.2, 0.25) is 0 Å². The lowest BCUT2D eigenvalue weighted by Crippen LogP contribution is -2.19. The molecule has 1 atom stereocenters. The van der Waals surface area contributed by atoms with E-state index in [4.69, 9.17) is 9.97 Å². The van der Waals surface area contributed by atoms with E-state index in [-0.39, 0.29) is 11.3 Å². The molecule has 8 aromatic carbocycles. The summed E-state index contributed by atoms with van der Waals surface area (Å²) >= 11 is 0. The van der Waals surface area contributed by atoms with Crippen molar-refractivity contribution in [1.82, 2.24) is 14.5 Å². The SMILES string of the molecule is CC1(C)c2ccccc2-c2c1c1c(c3c2c2ccccc2n3-c2ccc3nc(-c4ccccc4)nc(-c4ccccc4)c3c2)-c2ccccc2C1c1ccccc1. The maximum Gasteiger partial charge on any atom is 0.160 e. The molecule has 12 rings (SSSR count). The summed E-state index contributed by atoms with van der Waals surface area (Å²) in [6.45, 7) is 4.87.